The molecule has 16 heavy (non-hydrogen) atoms. The largest absolute Gasteiger partial charge is 0.490 e. The Hall–Kier alpha value is -1.38. The third kappa shape index (κ3) is 2.60. The Bertz CT molecular complexity index is 401. The van der Waals surface area contributed by atoms with Gasteiger partial charge in [-0.1, -0.05) is 0 Å². The van der Waals surface area contributed by atoms with E-state index in [4.69, 9.17) is 4.74 Å². The van der Waals surface area contributed by atoms with Gasteiger partial charge in [0.25, 0.3) is 0 Å². The Labute approximate surface area is 94.4 Å². The molecule has 1 unspecified atom stereocenters. The predicted molar refractivity (Wildman–Crippen MR) is 59.0 cm³/mol. The first-order chi connectivity index (χ1) is 7.65. The monoisotopic (exact) mass is 222 g/mol. The Morgan fingerprint density at radius 3 is 2.94 bits per heavy atom. The Balaban J connectivity index is 2.03. The first-order valence-electron chi connectivity index (χ1n) is 5.59. The average molecular weight is 222 g/mol. The van der Waals surface area contributed by atoms with Crippen molar-refractivity contribution in [3.8, 4) is 5.75 Å². The van der Waals surface area contributed by atoms with Crippen LogP contribution in [0.15, 0.2) is 18.2 Å². The highest BCUT2D eigenvalue weighted by atomic mass is 19.1. The summed E-state index contributed by atoms with van der Waals surface area (Å²) in [6.07, 6.45) is 2.91. The van der Waals surface area contributed by atoms with Crippen LogP contribution in [0.4, 0.5) is 4.39 Å². The number of halogens is 1. The van der Waals surface area contributed by atoms with E-state index >= 15 is 0 Å². The summed E-state index contributed by atoms with van der Waals surface area (Å²) < 4.78 is 18.7. The van der Waals surface area contributed by atoms with E-state index in [2.05, 4.69) is 0 Å². The summed E-state index contributed by atoms with van der Waals surface area (Å²) in [5.41, 5.74) is 0.569. The second-order valence-corrected chi connectivity index (χ2v) is 4.29. The molecule has 1 aromatic rings. The molecule has 86 valence electrons. The minimum Gasteiger partial charge on any atom is -0.490 e. The van der Waals surface area contributed by atoms with E-state index in [0.717, 1.165) is 12.8 Å². The highest BCUT2D eigenvalue weighted by Gasteiger charge is 2.20. The summed E-state index contributed by atoms with van der Waals surface area (Å²) >= 11 is 0. The van der Waals surface area contributed by atoms with Crippen molar-refractivity contribution in [2.24, 2.45) is 0 Å². The first-order valence-corrected chi connectivity index (χ1v) is 5.59. The second-order valence-electron chi connectivity index (χ2n) is 4.29. The van der Waals surface area contributed by atoms with Crippen LogP contribution in [0.2, 0.25) is 0 Å². The smallest absolute Gasteiger partial charge is 0.136 e. The van der Waals surface area contributed by atoms with E-state index in [1.807, 2.05) is 0 Å². The van der Waals surface area contributed by atoms with Crippen LogP contribution >= 0.6 is 0 Å². The normalized spacial score (nSPS) is 20.9. The molecular weight excluding hydrogens is 207 g/mol. The van der Waals surface area contributed by atoms with E-state index in [1.165, 1.54) is 6.07 Å². The summed E-state index contributed by atoms with van der Waals surface area (Å²) in [6.45, 7) is 1.70. The molecule has 1 aliphatic carbocycles. The molecule has 0 radical (unpaired) electrons. The molecule has 1 fully saturated rings. The van der Waals surface area contributed by atoms with Gasteiger partial charge in [-0.2, -0.15) is 0 Å². The molecule has 2 nitrogen and oxygen atoms in total. The number of Topliss-reactive ketones (excluding diaryl/α,β-unsaturated/α-hetero) is 1. The summed E-state index contributed by atoms with van der Waals surface area (Å²) in [5, 5.41) is 0. The minimum absolute atomic E-state index is 0.0360. The van der Waals surface area contributed by atoms with Crippen molar-refractivity contribution >= 4 is 5.78 Å². The number of carbonyl (C=O) groups is 1. The van der Waals surface area contributed by atoms with Gasteiger partial charge in [-0.15, -0.1) is 0 Å². The number of hydrogen-bond acceptors (Lipinski definition) is 2. The Kier molecular flexibility index (Phi) is 3.22. The Morgan fingerprint density at radius 1 is 1.44 bits per heavy atom. The molecule has 0 saturated heterocycles. The van der Waals surface area contributed by atoms with Gasteiger partial charge in [-0.3, -0.25) is 4.79 Å². The maximum atomic E-state index is 13.0. The maximum absolute atomic E-state index is 13.0. The van der Waals surface area contributed by atoms with Crippen LogP contribution in [0.25, 0.3) is 0 Å². The van der Waals surface area contributed by atoms with Crippen LogP contribution in [-0.2, 0) is 4.79 Å². The molecule has 0 spiro atoms. The van der Waals surface area contributed by atoms with Crippen LogP contribution in [0.5, 0.6) is 5.75 Å². The van der Waals surface area contributed by atoms with Crippen molar-refractivity contribution in [3.63, 3.8) is 0 Å². The lowest BCUT2D eigenvalue weighted by atomic mass is 9.96. The van der Waals surface area contributed by atoms with Gasteiger partial charge in [0, 0.05) is 12.8 Å². The van der Waals surface area contributed by atoms with Gasteiger partial charge >= 0.3 is 0 Å². The van der Waals surface area contributed by atoms with Gasteiger partial charge in [-0.05, 0) is 43.5 Å². The van der Waals surface area contributed by atoms with Crippen molar-refractivity contribution in [2.75, 3.05) is 0 Å². The lowest BCUT2D eigenvalue weighted by Crippen LogP contribution is -2.25. The van der Waals surface area contributed by atoms with E-state index in [1.54, 1.807) is 19.1 Å². The summed E-state index contributed by atoms with van der Waals surface area (Å²) in [7, 11) is 0. The van der Waals surface area contributed by atoms with Gasteiger partial charge in [0.1, 0.15) is 23.5 Å². The zero-order valence-electron chi connectivity index (χ0n) is 9.33. The fraction of sp³-hybridized carbons (Fsp3) is 0.462. The molecule has 1 atom stereocenters. The van der Waals surface area contributed by atoms with Gasteiger partial charge in [0.05, 0.1) is 0 Å². The number of ether oxygens (including phenoxy) is 1. The second kappa shape index (κ2) is 4.64. The lowest BCUT2D eigenvalue weighted by Gasteiger charge is -2.22. The van der Waals surface area contributed by atoms with Crippen LogP contribution in [-0.4, -0.2) is 11.9 Å². The zero-order valence-corrected chi connectivity index (χ0v) is 9.33. The van der Waals surface area contributed by atoms with E-state index in [9.17, 15) is 9.18 Å². The lowest BCUT2D eigenvalue weighted by molar-refractivity contribution is -0.122. The van der Waals surface area contributed by atoms with Gasteiger partial charge in [0.2, 0.25) is 0 Å². The highest BCUT2D eigenvalue weighted by molar-refractivity contribution is 5.79. The van der Waals surface area contributed by atoms with Crippen LogP contribution < -0.4 is 4.74 Å². The Morgan fingerprint density at radius 2 is 2.25 bits per heavy atom. The van der Waals surface area contributed by atoms with Crippen LogP contribution in [0.3, 0.4) is 0 Å². The van der Waals surface area contributed by atoms with Gasteiger partial charge in [-0.25, -0.2) is 4.39 Å². The number of carbonyl (C=O) groups excluding carboxylic acids is 1. The molecule has 1 saturated carbocycles. The van der Waals surface area contributed by atoms with Crippen molar-refractivity contribution in [1.82, 2.24) is 0 Å². The van der Waals surface area contributed by atoms with Crippen molar-refractivity contribution in [2.45, 2.75) is 38.7 Å². The van der Waals surface area contributed by atoms with Crippen molar-refractivity contribution in [3.05, 3.63) is 29.6 Å². The molecule has 0 heterocycles. The fourth-order valence-electron chi connectivity index (χ4n) is 1.97. The van der Waals surface area contributed by atoms with Crippen LogP contribution in [0, 0.1) is 12.7 Å². The quantitative estimate of drug-likeness (QED) is 0.768. The third-order valence-electron chi connectivity index (χ3n) is 2.87. The number of rotatable bonds is 2. The molecular formula is C13H15FO2. The average Bonchev–Trinajstić information content (AvgIpc) is 2.24. The third-order valence-corrected chi connectivity index (χ3v) is 2.87. The molecule has 2 rings (SSSR count). The topological polar surface area (TPSA) is 26.3 Å². The van der Waals surface area contributed by atoms with Crippen LogP contribution in [0.1, 0.15) is 31.2 Å². The zero-order chi connectivity index (χ0) is 11.5. The minimum atomic E-state index is -0.230. The summed E-state index contributed by atoms with van der Waals surface area (Å²) in [6, 6.07) is 4.69. The number of benzene rings is 1. The molecule has 1 aromatic carbocycles. The summed E-state index contributed by atoms with van der Waals surface area (Å²) in [4.78, 5) is 11.2. The SMILES string of the molecule is Cc1cc(OC2CCCC(=O)C2)ccc1F. The number of ketones is 1. The van der Waals surface area contributed by atoms with E-state index in [-0.39, 0.29) is 17.7 Å². The summed E-state index contributed by atoms with van der Waals surface area (Å²) in [5.74, 6) is 0.681. The molecule has 0 N–H and O–H groups in total. The predicted octanol–water partition coefficient (Wildman–Crippen LogP) is 3.02. The fourth-order valence-corrected chi connectivity index (χ4v) is 1.97. The number of hydrogen-bond donors (Lipinski definition) is 0. The van der Waals surface area contributed by atoms with E-state index in [0.29, 0.717) is 24.2 Å². The number of aryl methyl sites for hydroxylation is 1. The molecule has 1 aliphatic rings. The molecule has 0 bridgehead atoms. The van der Waals surface area contributed by atoms with E-state index < -0.39 is 0 Å². The molecule has 0 aliphatic heterocycles. The van der Waals surface area contributed by atoms with Gasteiger partial charge in [0.15, 0.2) is 0 Å². The van der Waals surface area contributed by atoms with Crippen molar-refractivity contribution < 1.29 is 13.9 Å². The van der Waals surface area contributed by atoms with Crippen molar-refractivity contribution in [1.29, 1.82) is 0 Å². The highest BCUT2D eigenvalue weighted by Crippen LogP contribution is 2.23. The molecule has 0 amide bonds. The molecule has 3 heteroatoms. The first kappa shape index (κ1) is 11.1. The molecule has 0 aromatic heterocycles. The standard InChI is InChI=1S/C13H15FO2/c1-9-7-12(5-6-13(9)14)16-11-4-2-3-10(15)8-11/h5-7,11H,2-4,8H2,1H3. The maximum Gasteiger partial charge on any atom is 0.136 e. The van der Waals surface area contributed by atoms with Gasteiger partial charge < -0.3 is 4.74 Å².